The van der Waals surface area contributed by atoms with E-state index in [4.69, 9.17) is 0 Å². The summed E-state index contributed by atoms with van der Waals surface area (Å²) in [6.45, 7) is 6.99. The number of nitrogens with zero attached hydrogens (tertiary/aromatic N) is 4. The number of aryl methyl sites for hydroxylation is 1. The maximum absolute atomic E-state index is 12.7. The van der Waals surface area contributed by atoms with Gasteiger partial charge in [0.25, 0.3) is 5.91 Å². The van der Waals surface area contributed by atoms with Crippen LogP contribution in [0.1, 0.15) is 31.3 Å². The Morgan fingerprint density at radius 1 is 1.36 bits per heavy atom. The number of aromatic amines is 1. The van der Waals surface area contributed by atoms with Crippen LogP contribution in [0.4, 0.5) is 0 Å². The molecule has 3 aromatic rings. The first-order valence-electron chi connectivity index (χ1n) is 8.28. The molecule has 0 saturated carbocycles. The van der Waals surface area contributed by atoms with Gasteiger partial charge in [-0.1, -0.05) is 20.8 Å². The van der Waals surface area contributed by atoms with E-state index < -0.39 is 0 Å². The summed E-state index contributed by atoms with van der Waals surface area (Å²) in [5.74, 6) is -0.159. The summed E-state index contributed by atoms with van der Waals surface area (Å²) in [5, 5.41) is 10.2. The highest BCUT2D eigenvalue weighted by Crippen LogP contribution is 2.22. The van der Waals surface area contributed by atoms with Crippen molar-refractivity contribution in [3.05, 3.63) is 48.8 Å². The Morgan fingerprint density at radius 2 is 2.16 bits per heavy atom. The average Bonchev–Trinajstić information content (AvgIpc) is 3.25. The number of carbonyl (C=O) groups excluding carboxylic acids is 1. The van der Waals surface area contributed by atoms with Gasteiger partial charge in [0.05, 0.1) is 18.1 Å². The van der Waals surface area contributed by atoms with Gasteiger partial charge >= 0.3 is 0 Å². The molecule has 2 N–H and O–H groups in total. The summed E-state index contributed by atoms with van der Waals surface area (Å²) in [7, 11) is 1.95. The molecule has 1 atom stereocenters. The number of hydrogen-bond donors (Lipinski definition) is 2. The molecule has 0 fully saturated rings. The lowest BCUT2D eigenvalue weighted by molar-refractivity contribution is 0.0887. The van der Waals surface area contributed by atoms with Crippen LogP contribution < -0.4 is 5.32 Å². The normalized spacial score (nSPS) is 13.0. The second-order valence-electron chi connectivity index (χ2n) is 7.32. The fraction of sp³-hybridized carbons (Fsp3) is 0.389. The highest BCUT2D eigenvalue weighted by atomic mass is 16.2. The molecule has 3 aromatic heterocycles. The molecular weight excluding hydrogens is 316 g/mol. The third-order valence-electron chi connectivity index (χ3n) is 4.33. The van der Waals surface area contributed by atoms with Gasteiger partial charge in [-0.05, 0) is 23.6 Å². The van der Waals surface area contributed by atoms with Crippen molar-refractivity contribution in [3.8, 4) is 11.4 Å². The fourth-order valence-corrected chi connectivity index (χ4v) is 2.67. The van der Waals surface area contributed by atoms with E-state index in [1.807, 2.05) is 40.7 Å². The number of nitrogens with one attached hydrogen (secondary N) is 2. The maximum atomic E-state index is 12.7. The number of aromatic nitrogens is 5. The van der Waals surface area contributed by atoms with Gasteiger partial charge in [-0.3, -0.25) is 9.89 Å². The van der Waals surface area contributed by atoms with E-state index in [1.165, 1.54) is 0 Å². The molecule has 0 unspecified atom stereocenters. The first kappa shape index (κ1) is 17.0. The van der Waals surface area contributed by atoms with Crippen LogP contribution in [0.15, 0.2) is 43.1 Å². The Bertz CT molecular complexity index is 837. The minimum atomic E-state index is -0.159. The molecule has 3 rings (SSSR count). The summed E-state index contributed by atoms with van der Waals surface area (Å²) in [6, 6.07) is 5.65. The summed E-state index contributed by atoms with van der Waals surface area (Å²) in [5.41, 5.74) is 2.07. The lowest BCUT2D eigenvalue weighted by Crippen LogP contribution is -2.46. The molecule has 0 bridgehead atoms. The fourth-order valence-electron chi connectivity index (χ4n) is 2.67. The average molecular weight is 340 g/mol. The quantitative estimate of drug-likeness (QED) is 0.749. The first-order valence-corrected chi connectivity index (χ1v) is 8.28. The zero-order valence-electron chi connectivity index (χ0n) is 15.0. The molecule has 0 saturated heterocycles. The Balaban J connectivity index is 1.75. The number of amides is 1. The largest absolute Gasteiger partial charge is 0.349 e. The molecule has 7 heteroatoms. The zero-order chi connectivity index (χ0) is 18.0. The van der Waals surface area contributed by atoms with Crippen LogP contribution in [0.2, 0.25) is 0 Å². The van der Waals surface area contributed by atoms with Gasteiger partial charge in [0, 0.05) is 32.2 Å². The highest BCUT2D eigenvalue weighted by molar-refractivity contribution is 5.93. The summed E-state index contributed by atoms with van der Waals surface area (Å²) in [4.78, 5) is 16.8. The lowest BCUT2D eigenvalue weighted by atomic mass is 9.86. The molecule has 0 spiro atoms. The second-order valence-corrected chi connectivity index (χ2v) is 7.32. The van der Waals surface area contributed by atoms with Crippen LogP contribution in [0.25, 0.3) is 11.4 Å². The van der Waals surface area contributed by atoms with Crippen molar-refractivity contribution in [1.82, 2.24) is 29.6 Å². The minimum Gasteiger partial charge on any atom is -0.349 e. The minimum absolute atomic E-state index is 0.0454. The zero-order valence-corrected chi connectivity index (χ0v) is 15.0. The predicted molar refractivity (Wildman–Crippen MR) is 95.9 cm³/mol. The topological polar surface area (TPSA) is 80.5 Å². The van der Waals surface area contributed by atoms with Crippen molar-refractivity contribution < 1.29 is 4.79 Å². The van der Waals surface area contributed by atoms with Gasteiger partial charge in [-0.2, -0.15) is 5.10 Å². The smallest absolute Gasteiger partial charge is 0.269 e. The predicted octanol–water partition coefficient (Wildman–Crippen LogP) is 2.46. The summed E-state index contributed by atoms with van der Waals surface area (Å²) < 4.78 is 3.94. The van der Waals surface area contributed by atoms with E-state index in [1.54, 1.807) is 18.6 Å². The van der Waals surface area contributed by atoms with Gasteiger partial charge in [0.2, 0.25) is 0 Å². The Labute approximate surface area is 147 Å². The molecule has 25 heavy (non-hydrogen) atoms. The molecule has 0 aromatic carbocycles. The molecule has 0 aliphatic carbocycles. The van der Waals surface area contributed by atoms with Crippen LogP contribution >= 0.6 is 0 Å². The van der Waals surface area contributed by atoms with E-state index in [2.05, 4.69) is 41.3 Å². The number of H-pyrrole nitrogens is 1. The molecule has 0 radical (unpaired) electrons. The van der Waals surface area contributed by atoms with Crippen molar-refractivity contribution >= 4 is 5.91 Å². The molecule has 132 valence electrons. The van der Waals surface area contributed by atoms with E-state index in [0.29, 0.717) is 12.2 Å². The Kier molecular flexibility index (Phi) is 4.48. The van der Waals surface area contributed by atoms with Crippen molar-refractivity contribution in [1.29, 1.82) is 0 Å². The number of rotatable bonds is 5. The maximum Gasteiger partial charge on any atom is 0.269 e. The summed E-state index contributed by atoms with van der Waals surface area (Å²) >= 11 is 0. The van der Waals surface area contributed by atoms with E-state index in [-0.39, 0.29) is 17.4 Å². The van der Waals surface area contributed by atoms with Crippen LogP contribution in [0, 0.1) is 5.41 Å². The van der Waals surface area contributed by atoms with Crippen LogP contribution in [0.5, 0.6) is 0 Å². The molecule has 0 aliphatic heterocycles. The first-order chi connectivity index (χ1) is 11.8. The monoisotopic (exact) mass is 340 g/mol. The van der Waals surface area contributed by atoms with Gasteiger partial charge in [0.1, 0.15) is 11.4 Å². The van der Waals surface area contributed by atoms with E-state index >= 15 is 0 Å². The van der Waals surface area contributed by atoms with Gasteiger partial charge < -0.3 is 14.5 Å². The number of hydrogen-bond acceptors (Lipinski definition) is 3. The van der Waals surface area contributed by atoms with Gasteiger partial charge in [0.15, 0.2) is 0 Å². The SMILES string of the molecule is Cn1cccc1-c1cc(C(=O)N[C@H](Cn2ccnc2)C(C)(C)C)[nH]n1. The molecule has 3 heterocycles. The lowest BCUT2D eigenvalue weighted by Gasteiger charge is -2.31. The third-order valence-corrected chi connectivity index (χ3v) is 4.33. The van der Waals surface area contributed by atoms with Crippen LogP contribution in [-0.4, -0.2) is 36.3 Å². The van der Waals surface area contributed by atoms with Crippen molar-refractivity contribution in [3.63, 3.8) is 0 Å². The third kappa shape index (κ3) is 3.81. The highest BCUT2D eigenvalue weighted by Gasteiger charge is 2.27. The van der Waals surface area contributed by atoms with Gasteiger partial charge in [-0.25, -0.2) is 4.98 Å². The van der Waals surface area contributed by atoms with E-state index in [0.717, 1.165) is 11.4 Å². The molecule has 0 aliphatic rings. The van der Waals surface area contributed by atoms with Crippen molar-refractivity contribution in [2.24, 2.45) is 12.5 Å². The van der Waals surface area contributed by atoms with Gasteiger partial charge in [-0.15, -0.1) is 0 Å². The molecule has 1 amide bonds. The molecule has 7 nitrogen and oxygen atoms in total. The van der Waals surface area contributed by atoms with E-state index in [9.17, 15) is 4.79 Å². The van der Waals surface area contributed by atoms with Crippen molar-refractivity contribution in [2.75, 3.05) is 0 Å². The number of imidazole rings is 1. The molecular formula is C18H24N6O. The van der Waals surface area contributed by atoms with Crippen LogP contribution in [-0.2, 0) is 13.6 Å². The number of carbonyl (C=O) groups is 1. The Morgan fingerprint density at radius 3 is 2.76 bits per heavy atom. The standard InChI is InChI=1S/C18H24N6O/c1-18(2,3)16(11-24-9-7-19-12-24)20-17(25)14-10-13(21-22-14)15-6-5-8-23(15)4/h5-10,12,16H,11H2,1-4H3,(H,20,25)(H,21,22)/t16-/m1/s1. The second kappa shape index (κ2) is 6.58. The Hall–Kier alpha value is -2.83. The summed E-state index contributed by atoms with van der Waals surface area (Å²) in [6.07, 6.45) is 7.34. The van der Waals surface area contributed by atoms with Crippen molar-refractivity contribution in [2.45, 2.75) is 33.4 Å². The van der Waals surface area contributed by atoms with Crippen LogP contribution in [0.3, 0.4) is 0 Å².